The van der Waals surface area contributed by atoms with Crippen LogP contribution in [-0.4, -0.2) is 45.4 Å². The molecule has 0 fully saturated rings. The van der Waals surface area contributed by atoms with Crippen molar-refractivity contribution in [3.05, 3.63) is 23.8 Å². The van der Waals surface area contributed by atoms with Gasteiger partial charge in [0.2, 0.25) is 15.9 Å². The van der Waals surface area contributed by atoms with E-state index in [-0.39, 0.29) is 29.1 Å². The van der Waals surface area contributed by atoms with E-state index in [0.29, 0.717) is 0 Å². The molecule has 0 aliphatic carbocycles. The minimum Gasteiger partial charge on any atom is -0.495 e. The number of aryl methyl sites for hydroxylation is 1. The number of amides is 1. The molecule has 1 aromatic carbocycles. The molecule has 0 spiro atoms. The lowest BCUT2D eigenvalue weighted by molar-refractivity contribution is -0.121. The average molecular weight is 342 g/mol. The maximum Gasteiger partial charge on any atom is 0.246 e. The number of ether oxygens (including phenoxy) is 1. The van der Waals surface area contributed by atoms with E-state index in [1.807, 2.05) is 13.8 Å². The Morgan fingerprint density at radius 2 is 2.04 bits per heavy atom. The van der Waals surface area contributed by atoms with E-state index in [1.54, 1.807) is 25.1 Å². The van der Waals surface area contributed by atoms with Gasteiger partial charge in [-0.1, -0.05) is 19.4 Å². The van der Waals surface area contributed by atoms with Gasteiger partial charge in [-0.3, -0.25) is 4.79 Å². The molecule has 7 heteroatoms. The third kappa shape index (κ3) is 5.21. The molecule has 0 bridgehead atoms. The topological polar surface area (TPSA) is 75.7 Å². The summed E-state index contributed by atoms with van der Waals surface area (Å²) >= 11 is 0. The lowest BCUT2D eigenvalue weighted by Gasteiger charge is -2.20. The van der Waals surface area contributed by atoms with Crippen molar-refractivity contribution < 1.29 is 17.9 Å². The van der Waals surface area contributed by atoms with Crippen molar-refractivity contribution in [1.82, 2.24) is 9.62 Å². The lowest BCUT2D eigenvalue weighted by atomic mass is 10.2. The number of nitrogens with one attached hydrogen (secondary N) is 1. The molecule has 0 heterocycles. The quantitative estimate of drug-likeness (QED) is 0.783. The van der Waals surface area contributed by atoms with Gasteiger partial charge in [-0.05, 0) is 38.0 Å². The molecule has 0 aliphatic rings. The standard InChI is InChI=1S/C16H26N2O4S/c1-6-7-13(3)17-16(19)11-18(4)23(20,21)15-10-12(2)8-9-14(15)22-5/h8-10,13H,6-7,11H2,1-5H3,(H,17,19)/t13-/m0/s1. The first-order valence-corrected chi connectivity index (χ1v) is 9.06. The van der Waals surface area contributed by atoms with Gasteiger partial charge in [0.05, 0.1) is 13.7 Å². The van der Waals surface area contributed by atoms with Crippen LogP contribution < -0.4 is 10.1 Å². The molecule has 0 saturated heterocycles. The van der Waals surface area contributed by atoms with Crippen LogP contribution in [0.2, 0.25) is 0 Å². The number of hydrogen-bond donors (Lipinski definition) is 1. The molecule has 0 radical (unpaired) electrons. The zero-order valence-electron chi connectivity index (χ0n) is 14.4. The molecule has 130 valence electrons. The minimum atomic E-state index is -3.80. The van der Waals surface area contributed by atoms with Crippen molar-refractivity contribution in [3.63, 3.8) is 0 Å². The Morgan fingerprint density at radius 1 is 1.39 bits per heavy atom. The molecule has 23 heavy (non-hydrogen) atoms. The largest absolute Gasteiger partial charge is 0.495 e. The number of hydrogen-bond acceptors (Lipinski definition) is 4. The fraction of sp³-hybridized carbons (Fsp3) is 0.562. The fourth-order valence-corrected chi connectivity index (χ4v) is 3.63. The Kier molecular flexibility index (Phi) is 7.02. The first-order chi connectivity index (χ1) is 10.7. The Bertz CT molecular complexity index is 643. The SMILES string of the molecule is CCC[C@H](C)NC(=O)CN(C)S(=O)(=O)c1cc(C)ccc1OC. The predicted octanol–water partition coefficient (Wildman–Crippen LogP) is 1.93. The Labute approximate surface area is 138 Å². The Balaban J connectivity index is 2.92. The second-order valence-corrected chi connectivity index (χ2v) is 7.69. The van der Waals surface area contributed by atoms with Crippen molar-refractivity contribution in [2.24, 2.45) is 0 Å². The molecule has 0 saturated carbocycles. The van der Waals surface area contributed by atoms with Gasteiger partial charge in [-0.15, -0.1) is 0 Å². The normalized spacial score (nSPS) is 13.0. The van der Waals surface area contributed by atoms with Gasteiger partial charge in [0, 0.05) is 13.1 Å². The van der Waals surface area contributed by atoms with E-state index in [2.05, 4.69) is 5.32 Å². The van der Waals surface area contributed by atoms with Crippen molar-refractivity contribution in [2.75, 3.05) is 20.7 Å². The van der Waals surface area contributed by atoms with Gasteiger partial charge in [0.1, 0.15) is 10.6 Å². The molecule has 1 amide bonds. The molecule has 0 aliphatic heterocycles. The molecule has 6 nitrogen and oxygen atoms in total. The smallest absolute Gasteiger partial charge is 0.246 e. The van der Waals surface area contributed by atoms with Crippen LogP contribution in [0.4, 0.5) is 0 Å². The predicted molar refractivity (Wildman–Crippen MR) is 90.1 cm³/mol. The van der Waals surface area contributed by atoms with Crippen LogP contribution in [0.15, 0.2) is 23.1 Å². The summed E-state index contributed by atoms with van der Waals surface area (Å²) < 4.78 is 31.5. The number of carbonyl (C=O) groups excluding carboxylic acids is 1. The molecule has 1 rings (SSSR count). The van der Waals surface area contributed by atoms with Crippen LogP contribution in [-0.2, 0) is 14.8 Å². The molecule has 0 unspecified atom stereocenters. The minimum absolute atomic E-state index is 0.0251. The van der Waals surface area contributed by atoms with Gasteiger partial charge in [0.15, 0.2) is 0 Å². The lowest BCUT2D eigenvalue weighted by Crippen LogP contribution is -2.41. The molecule has 0 aromatic heterocycles. The van der Waals surface area contributed by atoms with Crippen molar-refractivity contribution in [3.8, 4) is 5.75 Å². The van der Waals surface area contributed by atoms with Crippen LogP contribution in [0.1, 0.15) is 32.3 Å². The second kappa shape index (κ2) is 8.31. The maximum atomic E-state index is 12.7. The third-order valence-corrected chi connectivity index (χ3v) is 5.33. The highest BCUT2D eigenvalue weighted by atomic mass is 32.2. The summed E-state index contributed by atoms with van der Waals surface area (Å²) in [5.74, 6) is -0.0501. The zero-order chi connectivity index (χ0) is 17.6. The number of nitrogens with zero attached hydrogens (tertiary/aromatic N) is 1. The molecular weight excluding hydrogens is 316 g/mol. The molecule has 1 atom stereocenters. The average Bonchev–Trinajstić information content (AvgIpc) is 2.47. The summed E-state index contributed by atoms with van der Waals surface area (Å²) in [4.78, 5) is 12.1. The van der Waals surface area contributed by atoms with Crippen LogP contribution >= 0.6 is 0 Å². The van der Waals surface area contributed by atoms with Crippen LogP contribution in [0.25, 0.3) is 0 Å². The van der Waals surface area contributed by atoms with Crippen molar-refractivity contribution in [1.29, 1.82) is 0 Å². The summed E-state index contributed by atoms with van der Waals surface area (Å²) in [5.41, 5.74) is 0.804. The fourth-order valence-electron chi connectivity index (χ4n) is 2.27. The highest BCUT2D eigenvalue weighted by Gasteiger charge is 2.26. The first kappa shape index (κ1) is 19.4. The summed E-state index contributed by atoms with van der Waals surface area (Å²) in [6, 6.07) is 4.95. The van der Waals surface area contributed by atoms with E-state index >= 15 is 0 Å². The number of benzene rings is 1. The zero-order valence-corrected chi connectivity index (χ0v) is 15.2. The van der Waals surface area contributed by atoms with Crippen LogP contribution in [0.3, 0.4) is 0 Å². The first-order valence-electron chi connectivity index (χ1n) is 7.62. The van der Waals surface area contributed by atoms with Crippen molar-refractivity contribution >= 4 is 15.9 Å². The third-order valence-electron chi connectivity index (χ3n) is 3.50. The number of carbonyl (C=O) groups is 1. The van der Waals surface area contributed by atoms with E-state index in [0.717, 1.165) is 22.7 Å². The summed E-state index contributed by atoms with van der Waals surface area (Å²) in [6.45, 7) is 5.51. The summed E-state index contributed by atoms with van der Waals surface area (Å²) in [7, 11) is -0.990. The van der Waals surface area contributed by atoms with Crippen LogP contribution in [0, 0.1) is 6.92 Å². The highest BCUT2D eigenvalue weighted by molar-refractivity contribution is 7.89. The number of sulfonamides is 1. The number of rotatable bonds is 8. The molecule has 1 N–H and O–H groups in total. The number of likely N-dealkylation sites (N-methyl/N-ethyl adjacent to an activating group) is 1. The van der Waals surface area contributed by atoms with E-state index < -0.39 is 10.0 Å². The van der Waals surface area contributed by atoms with Gasteiger partial charge in [0.25, 0.3) is 0 Å². The maximum absolute atomic E-state index is 12.7. The van der Waals surface area contributed by atoms with E-state index in [4.69, 9.17) is 4.74 Å². The van der Waals surface area contributed by atoms with Gasteiger partial charge in [-0.25, -0.2) is 8.42 Å². The van der Waals surface area contributed by atoms with E-state index in [1.165, 1.54) is 14.2 Å². The second-order valence-electron chi connectivity index (χ2n) is 5.67. The monoisotopic (exact) mass is 342 g/mol. The van der Waals surface area contributed by atoms with Crippen molar-refractivity contribution in [2.45, 2.75) is 44.6 Å². The van der Waals surface area contributed by atoms with Gasteiger partial charge >= 0.3 is 0 Å². The summed E-state index contributed by atoms with van der Waals surface area (Å²) in [6.07, 6.45) is 1.81. The highest BCUT2D eigenvalue weighted by Crippen LogP contribution is 2.27. The van der Waals surface area contributed by atoms with Crippen LogP contribution in [0.5, 0.6) is 5.75 Å². The molecular formula is C16H26N2O4S. The van der Waals surface area contributed by atoms with E-state index in [9.17, 15) is 13.2 Å². The summed E-state index contributed by atoms with van der Waals surface area (Å²) in [5, 5.41) is 2.80. The Hall–Kier alpha value is -1.60. The Morgan fingerprint density at radius 3 is 2.61 bits per heavy atom. The van der Waals surface area contributed by atoms with Gasteiger partial charge < -0.3 is 10.1 Å². The van der Waals surface area contributed by atoms with Gasteiger partial charge in [-0.2, -0.15) is 4.31 Å². The molecule has 1 aromatic rings. The number of methoxy groups -OCH3 is 1.